The third-order valence-electron chi connectivity index (χ3n) is 1.99. The van der Waals surface area contributed by atoms with Crippen molar-refractivity contribution in [1.82, 2.24) is 10.6 Å². The lowest BCUT2D eigenvalue weighted by atomic mass is 9.95. The van der Waals surface area contributed by atoms with Crippen LogP contribution >= 0.6 is 0 Å². The van der Waals surface area contributed by atoms with Gasteiger partial charge in [0.25, 0.3) is 0 Å². The molecule has 1 unspecified atom stereocenters. The van der Waals surface area contributed by atoms with Crippen LogP contribution in [0.15, 0.2) is 0 Å². The Labute approximate surface area is 78.1 Å². The van der Waals surface area contributed by atoms with Gasteiger partial charge in [-0.3, -0.25) is 9.59 Å². The molecule has 1 aliphatic heterocycles. The van der Waals surface area contributed by atoms with Crippen LogP contribution in [0.5, 0.6) is 0 Å². The molecule has 1 atom stereocenters. The zero-order valence-corrected chi connectivity index (χ0v) is 8.31. The Balaban J connectivity index is 2.42. The first-order chi connectivity index (χ1) is 5.89. The Kier molecular flexibility index (Phi) is 2.59. The minimum atomic E-state index is -0.383. The number of hydrogen-bond acceptors (Lipinski definition) is 2. The molecule has 1 saturated heterocycles. The molecule has 1 aliphatic rings. The normalized spacial score (nSPS) is 22.7. The van der Waals surface area contributed by atoms with Crippen molar-refractivity contribution in [2.75, 3.05) is 6.54 Å². The molecule has 2 amide bonds. The highest BCUT2D eigenvalue weighted by molar-refractivity contribution is 5.84. The molecular weight excluding hydrogens is 168 g/mol. The van der Waals surface area contributed by atoms with E-state index in [2.05, 4.69) is 10.6 Å². The first kappa shape index (κ1) is 10.0. The van der Waals surface area contributed by atoms with E-state index in [4.69, 9.17) is 0 Å². The van der Waals surface area contributed by atoms with Crippen molar-refractivity contribution in [2.24, 2.45) is 5.41 Å². The summed E-state index contributed by atoms with van der Waals surface area (Å²) in [4.78, 5) is 22.3. The van der Waals surface area contributed by atoms with Crippen LogP contribution < -0.4 is 10.6 Å². The molecule has 1 fully saturated rings. The maximum absolute atomic E-state index is 11.5. The van der Waals surface area contributed by atoms with Gasteiger partial charge in [0, 0.05) is 18.4 Å². The molecule has 4 nitrogen and oxygen atoms in total. The minimum Gasteiger partial charge on any atom is -0.354 e. The van der Waals surface area contributed by atoms with Gasteiger partial charge in [-0.15, -0.1) is 0 Å². The van der Waals surface area contributed by atoms with Crippen LogP contribution in [0, 0.1) is 5.41 Å². The van der Waals surface area contributed by atoms with Gasteiger partial charge in [0.2, 0.25) is 11.8 Å². The smallest absolute Gasteiger partial charge is 0.225 e. The number of carbonyl (C=O) groups excluding carboxylic acids is 2. The van der Waals surface area contributed by atoms with Gasteiger partial charge >= 0.3 is 0 Å². The first-order valence-corrected chi connectivity index (χ1v) is 4.47. The summed E-state index contributed by atoms with van der Waals surface area (Å²) in [6, 6.07) is -0.0285. The molecule has 0 bridgehead atoms. The lowest BCUT2D eigenvalue weighted by Gasteiger charge is -2.20. The average molecular weight is 184 g/mol. The summed E-state index contributed by atoms with van der Waals surface area (Å²) in [5, 5.41) is 5.50. The highest BCUT2D eigenvalue weighted by Crippen LogP contribution is 2.13. The standard InChI is InChI=1S/C9H16N2O2/c1-9(2,3)8(13)11-6-4-7(12)10-5-6/h6H,4-5H2,1-3H3,(H,10,12)(H,11,13). The number of amides is 2. The molecule has 1 heterocycles. The Hall–Kier alpha value is -1.06. The Bertz CT molecular complexity index is 230. The quantitative estimate of drug-likeness (QED) is 0.604. The van der Waals surface area contributed by atoms with Crippen molar-refractivity contribution in [3.8, 4) is 0 Å². The highest BCUT2D eigenvalue weighted by atomic mass is 16.2. The fourth-order valence-electron chi connectivity index (χ4n) is 1.11. The van der Waals surface area contributed by atoms with Crippen molar-refractivity contribution in [2.45, 2.75) is 33.2 Å². The van der Waals surface area contributed by atoms with E-state index in [0.717, 1.165) is 0 Å². The van der Waals surface area contributed by atoms with Crippen molar-refractivity contribution in [3.05, 3.63) is 0 Å². The van der Waals surface area contributed by atoms with Crippen LogP contribution in [0.2, 0.25) is 0 Å². The molecule has 0 aromatic heterocycles. The van der Waals surface area contributed by atoms with Crippen molar-refractivity contribution in [1.29, 1.82) is 0 Å². The number of carbonyl (C=O) groups is 2. The fraction of sp³-hybridized carbons (Fsp3) is 0.778. The summed E-state index contributed by atoms with van der Waals surface area (Å²) in [6.45, 7) is 6.12. The van der Waals surface area contributed by atoms with E-state index in [0.29, 0.717) is 13.0 Å². The molecule has 74 valence electrons. The van der Waals surface area contributed by atoms with Gasteiger partial charge in [0.1, 0.15) is 0 Å². The monoisotopic (exact) mass is 184 g/mol. The Morgan fingerprint density at radius 3 is 2.54 bits per heavy atom. The average Bonchev–Trinajstić information content (AvgIpc) is 2.33. The predicted molar refractivity (Wildman–Crippen MR) is 49.0 cm³/mol. The lowest BCUT2D eigenvalue weighted by molar-refractivity contribution is -0.129. The summed E-state index contributed by atoms with van der Waals surface area (Å²) >= 11 is 0. The molecule has 0 aromatic rings. The van der Waals surface area contributed by atoms with Gasteiger partial charge in [-0.2, -0.15) is 0 Å². The van der Waals surface area contributed by atoms with Gasteiger partial charge in [0.15, 0.2) is 0 Å². The Morgan fingerprint density at radius 1 is 1.54 bits per heavy atom. The molecule has 0 aliphatic carbocycles. The molecular formula is C9H16N2O2. The molecule has 4 heteroatoms. The molecule has 2 N–H and O–H groups in total. The summed E-state index contributed by atoms with van der Waals surface area (Å²) in [7, 11) is 0. The maximum atomic E-state index is 11.5. The largest absolute Gasteiger partial charge is 0.354 e. The van der Waals surface area contributed by atoms with Gasteiger partial charge in [0.05, 0.1) is 6.04 Å². The molecule has 0 spiro atoms. The van der Waals surface area contributed by atoms with E-state index in [1.807, 2.05) is 20.8 Å². The SMILES string of the molecule is CC(C)(C)C(=O)NC1CNC(=O)C1. The van der Waals surface area contributed by atoms with Gasteiger partial charge < -0.3 is 10.6 Å². The molecule has 13 heavy (non-hydrogen) atoms. The van der Waals surface area contributed by atoms with E-state index >= 15 is 0 Å². The van der Waals surface area contributed by atoms with Crippen LogP contribution in [0.4, 0.5) is 0 Å². The zero-order chi connectivity index (χ0) is 10.1. The van der Waals surface area contributed by atoms with Crippen LogP contribution in [0.1, 0.15) is 27.2 Å². The molecule has 1 rings (SSSR count). The summed E-state index contributed by atoms with van der Waals surface area (Å²) in [5.41, 5.74) is -0.383. The number of hydrogen-bond donors (Lipinski definition) is 2. The van der Waals surface area contributed by atoms with Gasteiger partial charge in [-0.25, -0.2) is 0 Å². The maximum Gasteiger partial charge on any atom is 0.225 e. The zero-order valence-electron chi connectivity index (χ0n) is 8.31. The lowest BCUT2D eigenvalue weighted by Crippen LogP contribution is -2.42. The summed E-state index contributed by atoms with van der Waals surface area (Å²) < 4.78 is 0. The van der Waals surface area contributed by atoms with Crippen molar-refractivity contribution >= 4 is 11.8 Å². The van der Waals surface area contributed by atoms with E-state index in [1.54, 1.807) is 0 Å². The van der Waals surface area contributed by atoms with E-state index < -0.39 is 0 Å². The molecule has 0 aromatic carbocycles. The molecule has 0 radical (unpaired) electrons. The summed E-state index contributed by atoms with van der Waals surface area (Å²) in [6.07, 6.45) is 0.405. The van der Waals surface area contributed by atoms with Crippen LogP contribution in [0.25, 0.3) is 0 Å². The van der Waals surface area contributed by atoms with Crippen molar-refractivity contribution in [3.63, 3.8) is 0 Å². The van der Waals surface area contributed by atoms with Crippen LogP contribution in [-0.4, -0.2) is 24.4 Å². The van der Waals surface area contributed by atoms with Crippen LogP contribution in [-0.2, 0) is 9.59 Å². The number of rotatable bonds is 1. The van der Waals surface area contributed by atoms with Crippen LogP contribution in [0.3, 0.4) is 0 Å². The summed E-state index contributed by atoms with van der Waals surface area (Å²) in [5.74, 6) is 0.00760. The molecule has 0 saturated carbocycles. The van der Waals surface area contributed by atoms with E-state index in [1.165, 1.54) is 0 Å². The highest BCUT2D eigenvalue weighted by Gasteiger charge is 2.27. The van der Waals surface area contributed by atoms with Gasteiger partial charge in [-0.05, 0) is 0 Å². The second kappa shape index (κ2) is 3.36. The van der Waals surface area contributed by atoms with Gasteiger partial charge in [-0.1, -0.05) is 20.8 Å². The Morgan fingerprint density at radius 2 is 2.15 bits per heavy atom. The predicted octanol–water partition coefficient (Wildman–Crippen LogP) is 0.0372. The second-order valence-corrected chi connectivity index (χ2v) is 4.43. The third-order valence-corrected chi connectivity index (χ3v) is 1.99. The topological polar surface area (TPSA) is 58.2 Å². The van der Waals surface area contributed by atoms with E-state index in [-0.39, 0.29) is 23.3 Å². The first-order valence-electron chi connectivity index (χ1n) is 4.47. The third kappa shape index (κ3) is 2.72. The van der Waals surface area contributed by atoms with E-state index in [9.17, 15) is 9.59 Å². The minimum absolute atomic E-state index is 0.00556. The van der Waals surface area contributed by atoms with Crippen molar-refractivity contribution < 1.29 is 9.59 Å². The second-order valence-electron chi connectivity index (χ2n) is 4.43. The number of nitrogens with one attached hydrogen (secondary N) is 2. The fourth-order valence-corrected chi connectivity index (χ4v) is 1.11.